The fraction of sp³-hybridized carbons (Fsp3) is 0.429. The summed E-state index contributed by atoms with van der Waals surface area (Å²) in [7, 11) is 0. The van der Waals surface area contributed by atoms with Gasteiger partial charge in [0.15, 0.2) is 0 Å². The predicted octanol–water partition coefficient (Wildman–Crippen LogP) is 3.79. The standard InChI is InChI=1S/C14H20ClNO/c1-4-11(3)10-17-14-7-6-12(8-13(14)15)9-16-5-2/h6-8,16H,3-5,9-10H2,1-2H3. The molecular weight excluding hydrogens is 234 g/mol. The normalized spacial score (nSPS) is 10.3. The molecule has 0 saturated heterocycles. The van der Waals surface area contributed by atoms with E-state index in [0.29, 0.717) is 11.6 Å². The van der Waals surface area contributed by atoms with Crippen molar-refractivity contribution in [2.24, 2.45) is 0 Å². The average molecular weight is 254 g/mol. The largest absolute Gasteiger partial charge is 0.488 e. The van der Waals surface area contributed by atoms with Crippen molar-refractivity contribution in [2.75, 3.05) is 13.2 Å². The monoisotopic (exact) mass is 253 g/mol. The Labute approximate surface area is 109 Å². The molecule has 0 fully saturated rings. The Morgan fingerprint density at radius 1 is 1.41 bits per heavy atom. The third kappa shape index (κ3) is 4.80. The van der Waals surface area contributed by atoms with E-state index in [-0.39, 0.29) is 0 Å². The lowest BCUT2D eigenvalue weighted by atomic mass is 10.2. The molecule has 0 bridgehead atoms. The first-order valence-corrected chi connectivity index (χ1v) is 6.33. The summed E-state index contributed by atoms with van der Waals surface area (Å²) in [4.78, 5) is 0. The van der Waals surface area contributed by atoms with Crippen LogP contribution in [0.25, 0.3) is 0 Å². The van der Waals surface area contributed by atoms with Gasteiger partial charge in [-0.1, -0.05) is 38.1 Å². The van der Waals surface area contributed by atoms with Crippen LogP contribution in [0.3, 0.4) is 0 Å². The highest BCUT2D eigenvalue weighted by Gasteiger charge is 2.03. The highest BCUT2D eigenvalue weighted by Crippen LogP contribution is 2.25. The average Bonchev–Trinajstić information content (AvgIpc) is 2.34. The molecule has 2 nitrogen and oxygen atoms in total. The highest BCUT2D eigenvalue weighted by molar-refractivity contribution is 6.32. The van der Waals surface area contributed by atoms with Crippen LogP contribution < -0.4 is 10.1 Å². The second-order valence-electron chi connectivity index (χ2n) is 3.94. The van der Waals surface area contributed by atoms with Gasteiger partial charge >= 0.3 is 0 Å². The molecule has 1 rings (SSSR count). The summed E-state index contributed by atoms with van der Waals surface area (Å²) in [6.45, 7) is 10.4. The van der Waals surface area contributed by atoms with Crippen LogP contribution in [0.5, 0.6) is 5.75 Å². The first-order valence-electron chi connectivity index (χ1n) is 5.96. The van der Waals surface area contributed by atoms with E-state index in [1.165, 1.54) is 5.56 Å². The molecule has 0 aliphatic carbocycles. The Kier molecular flexibility index (Phi) is 6.09. The zero-order chi connectivity index (χ0) is 12.7. The quantitative estimate of drug-likeness (QED) is 0.747. The predicted molar refractivity (Wildman–Crippen MR) is 73.8 cm³/mol. The van der Waals surface area contributed by atoms with Gasteiger partial charge in [0.2, 0.25) is 0 Å². The first-order chi connectivity index (χ1) is 8.17. The van der Waals surface area contributed by atoms with Gasteiger partial charge in [-0.2, -0.15) is 0 Å². The maximum atomic E-state index is 6.15. The minimum Gasteiger partial charge on any atom is -0.488 e. The van der Waals surface area contributed by atoms with Gasteiger partial charge in [0.05, 0.1) is 5.02 Å². The zero-order valence-corrected chi connectivity index (χ0v) is 11.3. The van der Waals surface area contributed by atoms with E-state index in [0.717, 1.165) is 30.8 Å². The van der Waals surface area contributed by atoms with Gasteiger partial charge in [0, 0.05) is 6.54 Å². The van der Waals surface area contributed by atoms with Crippen molar-refractivity contribution in [2.45, 2.75) is 26.8 Å². The summed E-state index contributed by atoms with van der Waals surface area (Å²) in [5, 5.41) is 3.91. The van der Waals surface area contributed by atoms with Crippen molar-refractivity contribution >= 4 is 11.6 Å². The van der Waals surface area contributed by atoms with E-state index < -0.39 is 0 Å². The molecule has 0 heterocycles. The molecule has 0 unspecified atom stereocenters. The molecule has 0 saturated carbocycles. The molecule has 1 aromatic rings. The molecule has 1 aromatic carbocycles. The van der Waals surface area contributed by atoms with E-state index in [1.807, 2.05) is 18.2 Å². The molecular formula is C14H20ClNO. The lowest BCUT2D eigenvalue weighted by Crippen LogP contribution is -2.11. The third-order valence-corrected chi connectivity index (χ3v) is 2.80. The van der Waals surface area contributed by atoms with Crippen LogP contribution in [0, 0.1) is 0 Å². The van der Waals surface area contributed by atoms with Crippen LogP contribution in [0.4, 0.5) is 0 Å². The summed E-state index contributed by atoms with van der Waals surface area (Å²) in [6, 6.07) is 5.88. The smallest absolute Gasteiger partial charge is 0.138 e. The van der Waals surface area contributed by atoms with Gasteiger partial charge in [-0.25, -0.2) is 0 Å². The molecule has 1 N–H and O–H groups in total. The van der Waals surface area contributed by atoms with Crippen LogP contribution >= 0.6 is 11.6 Å². The van der Waals surface area contributed by atoms with Crippen molar-refractivity contribution in [3.05, 3.63) is 40.9 Å². The van der Waals surface area contributed by atoms with Crippen LogP contribution in [-0.2, 0) is 6.54 Å². The van der Waals surface area contributed by atoms with Crippen molar-refractivity contribution in [1.82, 2.24) is 5.32 Å². The summed E-state index contributed by atoms with van der Waals surface area (Å²) in [5.41, 5.74) is 2.23. The maximum absolute atomic E-state index is 6.15. The molecule has 0 aliphatic rings. The van der Waals surface area contributed by atoms with Gasteiger partial charge in [0.1, 0.15) is 12.4 Å². The van der Waals surface area contributed by atoms with Gasteiger partial charge in [-0.05, 0) is 36.2 Å². The van der Waals surface area contributed by atoms with E-state index in [2.05, 4.69) is 25.7 Å². The lowest BCUT2D eigenvalue weighted by molar-refractivity contribution is 0.349. The molecule has 0 atom stereocenters. The Morgan fingerprint density at radius 2 is 2.18 bits per heavy atom. The number of hydrogen-bond donors (Lipinski definition) is 1. The second kappa shape index (κ2) is 7.36. The van der Waals surface area contributed by atoms with Crippen LogP contribution in [-0.4, -0.2) is 13.2 Å². The SMILES string of the molecule is C=C(CC)COc1ccc(CNCC)cc1Cl. The zero-order valence-electron chi connectivity index (χ0n) is 10.6. The van der Waals surface area contributed by atoms with Crippen molar-refractivity contribution in [1.29, 1.82) is 0 Å². The van der Waals surface area contributed by atoms with E-state index >= 15 is 0 Å². The Bertz CT molecular complexity index is 376. The number of benzene rings is 1. The van der Waals surface area contributed by atoms with Crippen molar-refractivity contribution < 1.29 is 4.74 Å². The van der Waals surface area contributed by atoms with E-state index in [9.17, 15) is 0 Å². The minimum absolute atomic E-state index is 0.531. The van der Waals surface area contributed by atoms with E-state index in [1.54, 1.807) is 0 Å². The van der Waals surface area contributed by atoms with Gasteiger partial charge in [0.25, 0.3) is 0 Å². The Balaban J connectivity index is 2.59. The van der Waals surface area contributed by atoms with Gasteiger partial charge < -0.3 is 10.1 Å². The molecule has 0 amide bonds. The van der Waals surface area contributed by atoms with Gasteiger partial charge in [-0.3, -0.25) is 0 Å². The summed E-state index contributed by atoms with van der Waals surface area (Å²) < 4.78 is 5.60. The third-order valence-electron chi connectivity index (χ3n) is 2.51. The summed E-state index contributed by atoms with van der Waals surface area (Å²) in [6.07, 6.45) is 0.927. The van der Waals surface area contributed by atoms with E-state index in [4.69, 9.17) is 16.3 Å². The fourth-order valence-electron chi connectivity index (χ4n) is 1.32. The van der Waals surface area contributed by atoms with Crippen LogP contribution in [0.15, 0.2) is 30.4 Å². The number of rotatable bonds is 7. The Hall–Kier alpha value is -0.990. The van der Waals surface area contributed by atoms with Crippen molar-refractivity contribution in [3.63, 3.8) is 0 Å². The number of halogens is 1. The molecule has 17 heavy (non-hydrogen) atoms. The summed E-state index contributed by atoms with van der Waals surface area (Å²) >= 11 is 6.15. The molecule has 0 aromatic heterocycles. The lowest BCUT2D eigenvalue weighted by Gasteiger charge is -2.10. The molecule has 94 valence electrons. The molecule has 3 heteroatoms. The van der Waals surface area contributed by atoms with Crippen LogP contribution in [0.1, 0.15) is 25.8 Å². The number of ether oxygens (including phenoxy) is 1. The maximum Gasteiger partial charge on any atom is 0.138 e. The van der Waals surface area contributed by atoms with Crippen LogP contribution in [0.2, 0.25) is 5.02 Å². The fourth-order valence-corrected chi connectivity index (χ4v) is 1.58. The topological polar surface area (TPSA) is 21.3 Å². The Morgan fingerprint density at radius 3 is 2.76 bits per heavy atom. The molecule has 0 radical (unpaired) electrons. The van der Waals surface area contributed by atoms with Gasteiger partial charge in [-0.15, -0.1) is 0 Å². The number of nitrogens with one attached hydrogen (secondary N) is 1. The highest BCUT2D eigenvalue weighted by atomic mass is 35.5. The van der Waals surface area contributed by atoms with Crippen molar-refractivity contribution in [3.8, 4) is 5.75 Å². The molecule has 0 spiro atoms. The number of hydrogen-bond acceptors (Lipinski definition) is 2. The first kappa shape index (κ1) is 14.1. The summed E-state index contributed by atoms with van der Waals surface area (Å²) in [5.74, 6) is 0.724. The minimum atomic E-state index is 0.531. The molecule has 0 aliphatic heterocycles. The second-order valence-corrected chi connectivity index (χ2v) is 4.34.